The van der Waals surface area contributed by atoms with Crippen LogP contribution in [0.2, 0.25) is 0 Å². The zero-order valence-electron chi connectivity index (χ0n) is 11.0. The second kappa shape index (κ2) is 6.34. The zero-order valence-corrected chi connectivity index (χ0v) is 11.0. The van der Waals surface area contributed by atoms with Gasteiger partial charge in [-0.1, -0.05) is 24.3 Å². The molecule has 0 spiro atoms. The molecule has 3 heteroatoms. The standard InChI is InChI=1S/C16H18FNO/c1-19-16-7-5-13(6-8-16)14(11-18)9-12-3-2-4-15(17)10-12/h2-8,10,14H,9,11,18H2,1H3. The molecule has 0 amide bonds. The first-order valence-corrected chi connectivity index (χ1v) is 6.31. The van der Waals surface area contributed by atoms with E-state index in [0.29, 0.717) is 6.54 Å². The summed E-state index contributed by atoms with van der Waals surface area (Å²) in [6.07, 6.45) is 0.737. The molecule has 0 saturated heterocycles. The van der Waals surface area contributed by atoms with Gasteiger partial charge in [-0.05, 0) is 48.4 Å². The van der Waals surface area contributed by atoms with E-state index in [2.05, 4.69) is 0 Å². The van der Waals surface area contributed by atoms with E-state index in [1.807, 2.05) is 30.3 Å². The summed E-state index contributed by atoms with van der Waals surface area (Å²) in [5.41, 5.74) is 7.95. The van der Waals surface area contributed by atoms with E-state index in [1.54, 1.807) is 19.2 Å². The number of nitrogens with two attached hydrogens (primary N) is 1. The quantitative estimate of drug-likeness (QED) is 0.895. The summed E-state index contributed by atoms with van der Waals surface area (Å²) < 4.78 is 18.3. The fourth-order valence-electron chi connectivity index (χ4n) is 2.16. The van der Waals surface area contributed by atoms with Crippen molar-refractivity contribution in [1.29, 1.82) is 0 Å². The molecule has 0 fully saturated rings. The van der Waals surface area contributed by atoms with Gasteiger partial charge in [0.1, 0.15) is 11.6 Å². The third kappa shape index (κ3) is 3.55. The lowest BCUT2D eigenvalue weighted by Gasteiger charge is -2.16. The van der Waals surface area contributed by atoms with Crippen LogP contribution in [0.25, 0.3) is 0 Å². The van der Waals surface area contributed by atoms with Crippen molar-refractivity contribution in [3.63, 3.8) is 0 Å². The highest BCUT2D eigenvalue weighted by Gasteiger charge is 2.11. The number of benzene rings is 2. The minimum absolute atomic E-state index is 0.188. The van der Waals surface area contributed by atoms with Gasteiger partial charge in [0.05, 0.1) is 7.11 Å². The molecule has 2 nitrogen and oxygen atoms in total. The Hall–Kier alpha value is -1.87. The van der Waals surface area contributed by atoms with Gasteiger partial charge in [0.15, 0.2) is 0 Å². The Morgan fingerprint density at radius 2 is 1.89 bits per heavy atom. The van der Waals surface area contributed by atoms with Crippen molar-refractivity contribution in [2.75, 3.05) is 13.7 Å². The maximum Gasteiger partial charge on any atom is 0.123 e. The largest absolute Gasteiger partial charge is 0.497 e. The van der Waals surface area contributed by atoms with Crippen molar-refractivity contribution in [2.24, 2.45) is 5.73 Å². The monoisotopic (exact) mass is 259 g/mol. The van der Waals surface area contributed by atoms with Crippen LogP contribution in [0.4, 0.5) is 4.39 Å². The summed E-state index contributed by atoms with van der Waals surface area (Å²) in [6.45, 7) is 0.531. The smallest absolute Gasteiger partial charge is 0.123 e. The van der Waals surface area contributed by atoms with E-state index >= 15 is 0 Å². The first-order valence-electron chi connectivity index (χ1n) is 6.31. The van der Waals surface area contributed by atoms with E-state index in [0.717, 1.165) is 23.3 Å². The molecular weight excluding hydrogens is 241 g/mol. The Morgan fingerprint density at radius 3 is 2.47 bits per heavy atom. The number of halogens is 1. The predicted molar refractivity (Wildman–Crippen MR) is 74.9 cm³/mol. The Labute approximate surface area is 113 Å². The van der Waals surface area contributed by atoms with Crippen molar-refractivity contribution in [1.82, 2.24) is 0 Å². The first-order chi connectivity index (χ1) is 9.22. The van der Waals surface area contributed by atoms with Gasteiger partial charge < -0.3 is 10.5 Å². The van der Waals surface area contributed by atoms with Gasteiger partial charge in [-0.25, -0.2) is 4.39 Å². The molecule has 2 aromatic carbocycles. The average Bonchev–Trinajstić information content (AvgIpc) is 2.45. The van der Waals surface area contributed by atoms with Gasteiger partial charge in [-0.2, -0.15) is 0 Å². The number of hydrogen-bond donors (Lipinski definition) is 1. The van der Waals surface area contributed by atoms with Crippen LogP contribution in [-0.2, 0) is 6.42 Å². The molecule has 0 aromatic heterocycles. The van der Waals surface area contributed by atoms with Crippen molar-refractivity contribution in [2.45, 2.75) is 12.3 Å². The lowest BCUT2D eigenvalue weighted by atomic mass is 9.92. The third-order valence-corrected chi connectivity index (χ3v) is 3.24. The molecule has 1 unspecified atom stereocenters. The lowest BCUT2D eigenvalue weighted by molar-refractivity contribution is 0.414. The topological polar surface area (TPSA) is 35.2 Å². The molecule has 0 aliphatic heterocycles. The van der Waals surface area contributed by atoms with E-state index in [1.165, 1.54) is 6.07 Å². The van der Waals surface area contributed by atoms with Crippen LogP contribution < -0.4 is 10.5 Å². The van der Waals surface area contributed by atoms with Crippen LogP contribution in [-0.4, -0.2) is 13.7 Å². The van der Waals surface area contributed by atoms with Crippen molar-refractivity contribution < 1.29 is 9.13 Å². The molecule has 2 rings (SSSR count). The van der Waals surface area contributed by atoms with Crippen molar-refractivity contribution in [3.8, 4) is 5.75 Å². The van der Waals surface area contributed by atoms with Gasteiger partial charge in [0, 0.05) is 5.92 Å². The maximum atomic E-state index is 13.2. The number of hydrogen-bond acceptors (Lipinski definition) is 2. The van der Waals surface area contributed by atoms with Gasteiger partial charge >= 0.3 is 0 Å². The summed E-state index contributed by atoms with van der Waals surface area (Å²) in [5.74, 6) is 0.806. The van der Waals surface area contributed by atoms with Gasteiger partial charge in [-0.15, -0.1) is 0 Å². The van der Waals surface area contributed by atoms with Crippen LogP contribution in [0.1, 0.15) is 17.0 Å². The van der Waals surface area contributed by atoms with Gasteiger partial charge in [0.2, 0.25) is 0 Å². The molecule has 2 N–H and O–H groups in total. The van der Waals surface area contributed by atoms with Crippen LogP contribution in [0, 0.1) is 5.82 Å². The van der Waals surface area contributed by atoms with E-state index in [-0.39, 0.29) is 11.7 Å². The van der Waals surface area contributed by atoms with Crippen LogP contribution in [0.5, 0.6) is 5.75 Å². The molecule has 2 aromatic rings. The number of ether oxygens (including phenoxy) is 1. The van der Waals surface area contributed by atoms with Crippen LogP contribution in [0.3, 0.4) is 0 Å². The van der Waals surface area contributed by atoms with Crippen molar-refractivity contribution in [3.05, 3.63) is 65.5 Å². The highest BCUT2D eigenvalue weighted by Crippen LogP contribution is 2.22. The molecule has 0 aliphatic rings. The summed E-state index contributed by atoms with van der Waals surface area (Å²) in [7, 11) is 1.64. The Kier molecular flexibility index (Phi) is 4.53. The Bertz CT molecular complexity index is 525. The SMILES string of the molecule is COc1ccc(C(CN)Cc2cccc(F)c2)cc1. The fraction of sp³-hybridized carbons (Fsp3) is 0.250. The summed E-state index contributed by atoms with van der Waals surface area (Å²) >= 11 is 0. The zero-order chi connectivity index (χ0) is 13.7. The highest BCUT2D eigenvalue weighted by molar-refractivity contribution is 5.31. The average molecular weight is 259 g/mol. The molecule has 0 bridgehead atoms. The van der Waals surface area contributed by atoms with Crippen LogP contribution in [0.15, 0.2) is 48.5 Å². The molecular formula is C16H18FNO. The normalized spacial score (nSPS) is 12.2. The molecule has 0 heterocycles. The van der Waals surface area contributed by atoms with Gasteiger partial charge in [0.25, 0.3) is 0 Å². The predicted octanol–water partition coefficient (Wildman–Crippen LogP) is 3.12. The van der Waals surface area contributed by atoms with E-state index < -0.39 is 0 Å². The summed E-state index contributed by atoms with van der Waals surface area (Å²) in [5, 5.41) is 0. The molecule has 0 aliphatic carbocycles. The molecule has 1 atom stereocenters. The second-order valence-corrected chi connectivity index (χ2v) is 4.54. The Morgan fingerprint density at radius 1 is 1.16 bits per heavy atom. The summed E-state index contributed by atoms with van der Waals surface area (Å²) in [4.78, 5) is 0. The second-order valence-electron chi connectivity index (χ2n) is 4.54. The molecule has 19 heavy (non-hydrogen) atoms. The maximum absolute atomic E-state index is 13.2. The lowest BCUT2D eigenvalue weighted by Crippen LogP contribution is -2.15. The third-order valence-electron chi connectivity index (χ3n) is 3.24. The van der Waals surface area contributed by atoms with Gasteiger partial charge in [-0.3, -0.25) is 0 Å². The minimum Gasteiger partial charge on any atom is -0.497 e. The minimum atomic E-state index is -0.206. The number of rotatable bonds is 5. The molecule has 0 radical (unpaired) electrons. The fourth-order valence-corrected chi connectivity index (χ4v) is 2.16. The van der Waals surface area contributed by atoms with E-state index in [9.17, 15) is 4.39 Å². The first kappa shape index (κ1) is 13.6. The van der Waals surface area contributed by atoms with E-state index in [4.69, 9.17) is 10.5 Å². The summed E-state index contributed by atoms with van der Waals surface area (Å²) in [6, 6.07) is 14.5. The molecule has 100 valence electrons. The van der Waals surface area contributed by atoms with Crippen LogP contribution >= 0.6 is 0 Å². The number of methoxy groups -OCH3 is 1. The van der Waals surface area contributed by atoms with Crippen molar-refractivity contribution >= 4 is 0 Å². The molecule has 0 saturated carbocycles. The Balaban J connectivity index is 2.15. The highest BCUT2D eigenvalue weighted by atomic mass is 19.1.